The summed E-state index contributed by atoms with van der Waals surface area (Å²) in [6.45, 7) is 0.0978. The molecule has 0 fully saturated rings. The molecule has 0 aromatic rings. The van der Waals surface area contributed by atoms with Crippen molar-refractivity contribution < 1.29 is 38.2 Å². The van der Waals surface area contributed by atoms with Gasteiger partial charge in [0.25, 0.3) is 0 Å². The predicted octanol–water partition coefficient (Wildman–Crippen LogP) is -0.625. The van der Waals surface area contributed by atoms with Crippen LogP contribution in [-0.4, -0.2) is 58.3 Å². The monoisotopic (exact) mass is 278 g/mol. The highest BCUT2D eigenvalue weighted by atomic mass is 31.2. The second-order valence-electron chi connectivity index (χ2n) is 3.00. The molecule has 0 heterocycles. The molecule has 16 heavy (non-hydrogen) atoms. The average Bonchev–Trinajstić information content (AvgIpc) is 2.06. The van der Waals surface area contributed by atoms with Gasteiger partial charge in [-0.05, 0) is 0 Å². The van der Waals surface area contributed by atoms with Crippen LogP contribution in [0.4, 0.5) is 0 Å². The number of hydrogen-bond donors (Lipinski definition) is 4. The molecule has 0 amide bonds. The highest BCUT2D eigenvalue weighted by molar-refractivity contribution is 7.52. The van der Waals surface area contributed by atoms with Gasteiger partial charge in [0, 0.05) is 0 Å². The van der Waals surface area contributed by atoms with Crippen LogP contribution in [0.3, 0.4) is 0 Å². The molecule has 0 unspecified atom stereocenters. The van der Waals surface area contributed by atoms with Crippen molar-refractivity contribution in [3.05, 3.63) is 0 Å². The first kappa shape index (κ1) is 16.2. The van der Waals surface area contributed by atoms with E-state index >= 15 is 0 Å². The van der Waals surface area contributed by atoms with Gasteiger partial charge in [0.05, 0.1) is 38.8 Å². The third-order valence-electron chi connectivity index (χ3n) is 1.43. The van der Waals surface area contributed by atoms with Crippen LogP contribution in [0, 0.1) is 0 Å². The van der Waals surface area contributed by atoms with E-state index in [0.717, 1.165) is 0 Å². The molecule has 10 heteroatoms. The smallest absolute Gasteiger partial charge is 0.327 e. The highest BCUT2D eigenvalue weighted by Crippen LogP contribution is 2.33. The number of hydrogen-bond acceptors (Lipinski definition) is 4. The van der Waals surface area contributed by atoms with Gasteiger partial charge in [-0.2, -0.15) is 0 Å². The van der Waals surface area contributed by atoms with Crippen molar-refractivity contribution in [1.29, 1.82) is 0 Å². The molecule has 0 bridgehead atoms. The van der Waals surface area contributed by atoms with Gasteiger partial charge in [0.1, 0.15) is 0 Å². The SMILES string of the molecule is O=P(O)(O)CCOCCOCCP(=O)(O)O. The first-order valence-corrected chi connectivity index (χ1v) is 8.05. The van der Waals surface area contributed by atoms with E-state index in [9.17, 15) is 9.13 Å². The normalized spacial score (nSPS) is 13.0. The van der Waals surface area contributed by atoms with Gasteiger partial charge in [0.2, 0.25) is 0 Å². The summed E-state index contributed by atoms with van der Waals surface area (Å²) in [6.07, 6.45) is -0.703. The summed E-state index contributed by atoms with van der Waals surface area (Å²) in [6, 6.07) is 0. The molecule has 0 aromatic carbocycles. The first-order valence-electron chi connectivity index (χ1n) is 4.45. The van der Waals surface area contributed by atoms with Crippen molar-refractivity contribution >= 4 is 15.2 Å². The Hall–Kier alpha value is 0.220. The first-order chi connectivity index (χ1) is 7.21. The third-order valence-corrected chi connectivity index (χ3v) is 2.96. The summed E-state index contributed by atoms with van der Waals surface area (Å²) in [5.74, 6) is 0. The van der Waals surface area contributed by atoms with E-state index in [2.05, 4.69) is 0 Å². The van der Waals surface area contributed by atoms with Crippen LogP contribution in [0.1, 0.15) is 0 Å². The van der Waals surface area contributed by atoms with Crippen LogP contribution in [0.5, 0.6) is 0 Å². The summed E-state index contributed by atoms with van der Waals surface area (Å²) in [7, 11) is -8.04. The van der Waals surface area contributed by atoms with Gasteiger partial charge in [-0.15, -0.1) is 0 Å². The van der Waals surface area contributed by atoms with Crippen LogP contribution in [-0.2, 0) is 18.6 Å². The van der Waals surface area contributed by atoms with Crippen molar-refractivity contribution in [2.75, 3.05) is 38.8 Å². The van der Waals surface area contributed by atoms with E-state index < -0.39 is 15.2 Å². The van der Waals surface area contributed by atoms with E-state index in [1.807, 2.05) is 0 Å². The fourth-order valence-electron chi connectivity index (χ4n) is 0.689. The minimum absolute atomic E-state index is 0.0773. The summed E-state index contributed by atoms with van der Waals surface area (Å²) in [5.41, 5.74) is 0. The molecule has 0 aliphatic rings. The Morgan fingerprint density at radius 2 is 1.00 bits per heavy atom. The molecule has 0 saturated heterocycles. The van der Waals surface area contributed by atoms with Gasteiger partial charge in [-0.25, -0.2) is 0 Å². The van der Waals surface area contributed by atoms with Gasteiger partial charge < -0.3 is 29.0 Å². The molecule has 0 radical (unpaired) electrons. The summed E-state index contributed by atoms with van der Waals surface area (Å²) < 4.78 is 30.4. The lowest BCUT2D eigenvalue weighted by Crippen LogP contribution is -2.09. The number of rotatable bonds is 9. The molecule has 0 atom stereocenters. The molecule has 0 aliphatic heterocycles. The summed E-state index contributed by atoms with van der Waals surface area (Å²) >= 11 is 0. The van der Waals surface area contributed by atoms with Crippen molar-refractivity contribution in [2.24, 2.45) is 0 Å². The molecule has 0 aliphatic carbocycles. The second-order valence-corrected chi connectivity index (χ2v) is 6.55. The second kappa shape index (κ2) is 7.53. The maximum absolute atomic E-state index is 10.4. The maximum Gasteiger partial charge on any atom is 0.327 e. The largest absolute Gasteiger partial charge is 0.378 e. The lowest BCUT2D eigenvalue weighted by Gasteiger charge is -2.07. The lowest BCUT2D eigenvalue weighted by molar-refractivity contribution is 0.0576. The highest BCUT2D eigenvalue weighted by Gasteiger charge is 2.12. The molecule has 0 aromatic heterocycles. The Morgan fingerprint density at radius 1 is 0.688 bits per heavy atom. The molecule has 8 nitrogen and oxygen atoms in total. The van der Waals surface area contributed by atoms with Crippen molar-refractivity contribution in [3.63, 3.8) is 0 Å². The van der Waals surface area contributed by atoms with Crippen LogP contribution in [0.25, 0.3) is 0 Å². The molecule has 4 N–H and O–H groups in total. The average molecular weight is 278 g/mol. The van der Waals surface area contributed by atoms with Crippen molar-refractivity contribution in [3.8, 4) is 0 Å². The zero-order chi connectivity index (χ0) is 12.7. The van der Waals surface area contributed by atoms with Gasteiger partial charge in [0.15, 0.2) is 0 Å². The van der Waals surface area contributed by atoms with Crippen LogP contribution in [0.2, 0.25) is 0 Å². The van der Waals surface area contributed by atoms with Gasteiger partial charge in [-0.3, -0.25) is 9.13 Å². The third kappa shape index (κ3) is 14.2. The minimum Gasteiger partial charge on any atom is -0.378 e. The fraction of sp³-hybridized carbons (Fsp3) is 1.00. The number of ether oxygens (including phenoxy) is 2. The Labute approximate surface area is 92.9 Å². The summed E-state index contributed by atoms with van der Waals surface area (Å²) in [4.78, 5) is 33.8. The van der Waals surface area contributed by atoms with E-state index in [-0.39, 0.29) is 38.8 Å². The Kier molecular flexibility index (Phi) is 7.63. The maximum atomic E-state index is 10.4. The van der Waals surface area contributed by atoms with Crippen molar-refractivity contribution in [2.45, 2.75) is 0 Å². The lowest BCUT2D eigenvalue weighted by atomic mass is 10.7. The fourth-order valence-corrected chi connectivity index (χ4v) is 1.42. The zero-order valence-electron chi connectivity index (χ0n) is 8.56. The quantitative estimate of drug-likeness (QED) is 0.324. The van der Waals surface area contributed by atoms with Gasteiger partial charge in [-0.1, -0.05) is 0 Å². The van der Waals surface area contributed by atoms with Crippen molar-refractivity contribution in [1.82, 2.24) is 0 Å². The topological polar surface area (TPSA) is 134 Å². The Bertz CT molecular complexity index is 240. The van der Waals surface area contributed by atoms with Crippen LogP contribution < -0.4 is 0 Å². The summed E-state index contributed by atoms with van der Waals surface area (Å²) in [5, 5.41) is 0. The molecular weight excluding hydrogens is 262 g/mol. The standard InChI is InChI=1S/C6H16O8P2/c7-15(8,9)5-3-13-1-2-14-4-6-16(10,11)12/h1-6H2,(H2,7,8,9)(H2,10,11,12). The minimum atomic E-state index is -4.02. The zero-order valence-corrected chi connectivity index (χ0v) is 10.3. The molecule has 0 saturated carbocycles. The molecule has 0 spiro atoms. The Balaban J connectivity index is 3.23. The van der Waals surface area contributed by atoms with Crippen LogP contribution >= 0.6 is 15.2 Å². The molecular formula is C6H16O8P2. The van der Waals surface area contributed by atoms with E-state index in [1.165, 1.54) is 0 Å². The van der Waals surface area contributed by atoms with E-state index in [0.29, 0.717) is 0 Å². The van der Waals surface area contributed by atoms with E-state index in [4.69, 9.17) is 29.0 Å². The molecule has 0 rings (SSSR count). The van der Waals surface area contributed by atoms with Gasteiger partial charge >= 0.3 is 15.2 Å². The Morgan fingerprint density at radius 3 is 1.25 bits per heavy atom. The molecule has 98 valence electrons. The van der Waals surface area contributed by atoms with Crippen LogP contribution in [0.15, 0.2) is 0 Å². The van der Waals surface area contributed by atoms with E-state index in [1.54, 1.807) is 0 Å². The predicted molar refractivity (Wildman–Crippen MR) is 55.5 cm³/mol.